The fourth-order valence-corrected chi connectivity index (χ4v) is 5.33. The van der Waals surface area contributed by atoms with E-state index in [-0.39, 0.29) is 0 Å². The summed E-state index contributed by atoms with van der Waals surface area (Å²) in [6.45, 7) is 3.90. The van der Waals surface area contributed by atoms with Crippen LogP contribution in [-0.2, 0) is 0 Å². The van der Waals surface area contributed by atoms with Crippen molar-refractivity contribution in [2.45, 2.75) is 44.2 Å². The van der Waals surface area contributed by atoms with Crippen LogP contribution in [0.2, 0.25) is 0 Å². The first-order chi connectivity index (χ1) is 8.88. The number of fused-ring (bicyclic) bond motifs is 4. The van der Waals surface area contributed by atoms with Gasteiger partial charge in [0.15, 0.2) is 5.17 Å². The molecule has 1 saturated carbocycles. The van der Waals surface area contributed by atoms with Crippen molar-refractivity contribution >= 4 is 16.9 Å². The molecule has 0 radical (unpaired) electrons. The first-order valence-electron chi connectivity index (χ1n) is 7.58. The lowest BCUT2D eigenvalue weighted by Gasteiger charge is -2.45. The highest BCUT2D eigenvalue weighted by Crippen LogP contribution is 2.36. The summed E-state index contributed by atoms with van der Waals surface area (Å²) in [5.41, 5.74) is 0. The Morgan fingerprint density at radius 2 is 2.00 bits per heavy atom. The summed E-state index contributed by atoms with van der Waals surface area (Å²) in [7, 11) is 0. The lowest BCUT2D eigenvalue weighted by Crippen LogP contribution is -2.57. The molecule has 5 rings (SSSR count). The van der Waals surface area contributed by atoms with E-state index in [1.54, 1.807) is 0 Å². The third kappa shape index (κ3) is 2.07. The van der Waals surface area contributed by atoms with Crippen molar-refractivity contribution in [1.82, 2.24) is 10.2 Å². The van der Waals surface area contributed by atoms with Crippen LogP contribution >= 0.6 is 11.8 Å². The molecule has 3 nitrogen and oxygen atoms in total. The van der Waals surface area contributed by atoms with E-state index < -0.39 is 0 Å². The smallest absolute Gasteiger partial charge is 0.157 e. The van der Waals surface area contributed by atoms with Crippen molar-refractivity contribution in [3.8, 4) is 0 Å². The summed E-state index contributed by atoms with van der Waals surface area (Å²) in [6, 6.07) is 1.33. The molecule has 1 aliphatic carbocycles. The molecular weight excluding hydrogens is 242 g/mol. The van der Waals surface area contributed by atoms with Gasteiger partial charge in [0.1, 0.15) is 0 Å². The van der Waals surface area contributed by atoms with Crippen LogP contribution in [-0.4, -0.2) is 47.5 Å². The molecule has 1 N–H and O–H groups in total. The normalized spacial score (nSPS) is 46.7. The summed E-state index contributed by atoms with van der Waals surface area (Å²) < 4.78 is 0. The number of hydrogen-bond acceptors (Lipinski definition) is 4. The molecule has 0 spiro atoms. The molecule has 18 heavy (non-hydrogen) atoms. The summed E-state index contributed by atoms with van der Waals surface area (Å²) in [4.78, 5) is 7.59. The average molecular weight is 265 g/mol. The number of piperidine rings is 3. The molecule has 3 saturated heterocycles. The largest absolute Gasteiger partial charge is 0.361 e. The number of thioether (sulfide) groups is 1. The predicted octanol–water partition coefficient (Wildman–Crippen LogP) is 1.94. The van der Waals surface area contributed by atoms with Gasteiger partial charge >= 0.3 is 0 Å². The second-order valence-electron chi connectivity index (χ2n) is 6.39. The number of amidine groups is 1. The van der Waals surface area contributed by atoms with Gasteiger partial charge in [-0.3, -0.25) is 4.99 Å². The van der Waals surface area contributed by atoms with Gasteiger partial charge in [-0.05, 0) is 50.6 Å². The highest BCUT2D eigenvalue weighted by molar-refractivity contribution is 8.13. The molecule has 4 fully saturated rings. The topological polar surface area (TPSA) is 27.6 Å². The van der Waals surface area contributed by atoms with E-state index in [0.717, 1.165) is 11.8 Å². The Kier molecular flexibility index (Phi) is 3.03. The van der Waals surface area contributed by atoms with Crippen LogP contribution < -0.4 is 5.32 Å². The van der Waals surface area contributed by atoms with Gasteiger partial charge in [0.25, 0.3) is 0 Å². The summed E-state index contributed by atoms with van der Waals surface area (Å²) in [5, 5.41) is 5.03. The van der Waals surface area contributed by atoms with E-state index in [1.165, 1.54) is 62.7 Å². The molecule has 4 heteroatoms. The van der Waals surface area contributed by atoms with Gasteiger partial charge < -0.3 is 10.2 Å². The van der Waals surface area contributed by atoms with Crippen LogP contribution in [0.3, 0.4) is 0 Å². The Bertz CT molecular complexity index is 349. The summed E-state index contributed by atoms with van der Waals surface area (Å²) in [6.07, 6.45) is 6.92. The number of nitrogens with one attached hydrogen (secondary N) is 1. The molecule has 4 heterocycles. The predicted molar refractivity (Wildman–Crippen MR) is 77.1 cm³/mol. The molecule has 5 aliphatic rings. The zero-order chi connectivity index (χ0) is 11.9. The third-order valence-corrected chi connectivity index (χ3v) is 6.39. The number of hydrogen-bond donors (Lipinski definition) is 1. The SMILES string of the molecule is C1CC2CSC(NC3CN4CCC3CC4)=NC2C1. The Balaban J connectivity index is 1.42. The maximum atomic E-state index is 4.97. The van der Waals surface area contributed by atoms with E-state index in [4.69, 9.17) is 4.99 Å². The van der Waals surface area contributed by atoms with Crippen LogP contribution in [0, 0.1) is 11.8 Å². The molecule has 0 aromatic rings. The van der Waals surface area contributed by atoms with Crippen LogP contribution in [0.4, 0.5) is 0 Å². The minimum Gasteiger partial charge on any atom is -0.361 e. The Morgan fingerprint density at radius 1 is 1.11 bits per heavy atom. The molecule has 3 atom stereocenters. The van der Waals surface area contributed by atoms with Crippen LogP contribution in [0.15, 0.2) is 4.99 Å². The van der Waals surface area contributed by atoms with Crippen molar-refractivity contribution in [2.75, 3.05) is 25.4 Å². The Hall–Kier alpha value is -0.220. The molecule has 0 aromatic carbocycles. The molecule has 0 amide bonds. The maximum Gasteiger partial charge on any atom is 0.157 e. The first kappa shape index (κ1) is 11.6. The average Bonchev–Trinajstić information content (AvgIpc) is 2.87. The fraction of sp³-hybridized carbons (Fsp3) is 0.929. The van der Waals surface area contributed by atoms with Gasteiger partial charge in [0.05, 0.1) is 6.04 Å². The highest BCUT2D eigenvalue weighted by Gasteiger charge is 2.36. The molecule has 4 aliphatic heterocycles. The standard InChI is InChI=1S/C14H23N3S/c1-2-11-9-18-14(15-12(11)3-1)16-13-8-17-6-4-10(13)5-7-17/h10-13H,1-9H2,(H,15,16). The van der Waals surface area contributed by atoms with Gasteiger partial charge in [-0.15, -0.1) is 0 Å². The first-order valence-corrected chi connectivity index (χ1v) is 8.56. The van der Waals surface area contributed by atoms with Crippen molar-refractivity contribution in [1.29, 1.82) is 0 Å². The second kappa shape index (κ2) is 4.71. The summed E-state index contributed by atoms with van der Waals surface area (Å²) in [5.74, 6) is 3.09. The second-order valence-corrected chi connectivity index (χ2v) is 7.40. The van der Waals surface area contributed by atoms with Crippen molar-refractivity contribution < 1.29 is 0 Å². The monoisotopic (exact) mass is 265 g/mol. The van der Waals surface area contributed by atoms with E-state index in [1.807, 2.05) is 11.8 Å². The number of nitrogens with zero attached hydrogens (tertiary/aromatic N) is 2. The van der Waals surface area contributed by atoms with E-state index in [2.05, 4.69) is 10.2 Å². The molecule has 3 unspecified atom stereocenters. The van der Waals surface area contributed by atoms with Crippen LogP contribution in [0.1, 0.15) is 32.1 Å². The van der Waals surface area contributed by atoms with Gasteiger partial charge in [-0.25, -0.2) is 0 Å². The molecule has 0 aromatic heterocycles. The van der Waals surface area contributed by atoms with Gasteiger partial charge in [-0.1, -0.05) is 18.2 Å². The van der Waals surface area contributed by atoms with Gasteiger partial charge in [-0.2, -0.15) is 0 Å². The van der Waals surface area contributed by atoms with Gasteiger partial charge in [0.2, 0.25) is 0 Å². The maximum absolute atomic E-state index is 4.97. The number of aliphatic imine (C=N–C) groups is 1. The highest BCUT2D eigenvalue weighted by atomic mass is 32.2. The van der Waals surface area contributed by atoms with Crippen molar-refractivity contribution in [3.63, 3.8) is 0 Å². The van der Waals surface area contributed by atoms with E-state index in [9.17, 15) is 0 Å². The van der Waals surface area contributed by atoms with E-state index in [0.29, 0.717) is 12.1 Å². The molecule has 2 bridgehead atoms. The third-order valence-electron chi connectivity index (χ3n) is 5.30. The Morgan fingerprint density at radius 3 is 2.78 bits per heavy atom. The molecule has 100 valence electrons. The minimum absolute atomic E-state index is 0.648. The zero-order valence-electron chi connectivity index (χ0n) is 11.0. The lowest BCUT2D eigenvalue weighted by atomic mass is 9.84. The fourth-order valence-electron chi connectivity index (χ4n) is 4.12. The quantitative estimate of drug-likeness (QED) is 0.785. The van der Waals surface area contributed by atoms with Crippen molar-refractivity contribution in [3.05, 3.63) is 0 Å². The van der Waals surface area contributed by atoms with Gasteiger partial charge in [0, 0.05) is 18.3 Å². The minimum atomic E-state index is 0.648. The lowest BCUT2D eigenvalue weighted by molar-refractivity contribution is 0.0815. The zero-order valence-corrected chi connectivity index (χ0v) is 11.8. The van der Waals surface area contributed by atoms with Crippen LogP contribution in [0.5, 0.6) is 0 Å². The van der Waals surface area contributed by atoms with Crippen molar-refractivity contribution in [2.24, 2.45) is 16.8 Å². The molecular formula is C14H23N3S. The number of rotatable bonds is 1. The van der Waals surface area contributed by atoms with E-state index >= 15 is 0 Å². The Labute approximate surface area is 114 Å². The van der Waals surface area contributed by atoms with Crippen LogP contribution in [0.25, 0.3) is 0 Å². The summed E-state index contributed by atoms with van der Waals surface area (Å²) >= 11 is 1.98.